The fraction of sp³-hybridized carbons (Fsp3) is 0.348. The molecule has 0 aliphatic carbocycles. The van der Waals surface area contributed by atoms with Crippen LogP contribution in [0.4, 0.5) is 5.69 Å². The summed E-state index contributed by atoms with van der Waals surface area (Å²) in [6, 6.07) is 9.08. The number of halogens is 1. The lowest BCUT2D eigenvalue weighted by atomic mass is 10.1. The van der Waals surface area contributed by atoms with E-state index >= 15 is 0 Å². The van der Waals surface area contributed by atoms with Gasteiger partial charge in [-0.15, -0.1) is 0 Å². The molecule has 0 saturated carbocycles. The third-order valence-corrected chi connectivity index (χ3v) is 7.02. The summed E-state index contributed by atoms with van der Waals surface area (Å²) in [5, 5.41) is 12.3. The van der Waals surface area contributed by atoms with E-state index in [0.717, 1.165) is 17.4 Å². The largest absolute Gasteiger partial charge is 0.481 e. The van der Waals surface area contributed by atoms with Crippen molar-refractivity contribution in [2.24, 2.45) is 0 Å². The monoisotopic (exact) mass is 552 g/mol. The number of sulfonamides is 1. The Kier molecular flexibility index (Phi) is 10.3. The summed E-state index contributed by atoms with van der Waals surface area (Å²) in [5.74, 6) is 5.53. The van der Waals surface area contributed by atoms with Crippen LogP contribution in [0, 0.1) is 18.8 Å². The fourth-order valence-electron chi connectivity index (χ4n) is 3.06. The molecule has 3 N–H and O–H groups in total. The lowest BCUT2D eigenvalue weighted by Gasteiger charge is -2.24. The Hall–Kier alpha value is -2.62. The number of nitrogens with one attached hydrogen (secondary N) is 2. The average molecular weight is 553 g/mol. The average Bonchev–Trinajstić information content (AvgIpc) is 2.79. The van der Waals surface area contributed by atoms with E-state index in [9.17, 15) is 13.2 Å². The molecule has 0 fully saturated rings. The molecule has 0 atom stereocenters. The maximum atomic E-state index is 13.2. The Labute approximate surface area is 209 Å². The SMILES string of the molecule is Cc1cc(Br)cc(C(=O)NO)c1N(C)S(=O)(=O)c1ccc(OCC#CCNCCN(C)C)cc1. The number of anilines is 1. The highest BCUT2D eigenvalue weighted by Gasteiger charge is 2.27. The van der Waals surface area contributed by atoms with Gasteiger partial charge in [-0.2, -0.15) is 0 Å². The van der Waals surface area contributed by atoms with E-state index in [2.05, 4.69) is 38.0 Å². The normalized spacial score (nSPS) is 11.0. The Morgan fingerprint density at radius 1 is 1.15 bits per heavy atom. The highest BCUT2D eigenvalue weighted by atomic mass is 79.9. The Bertz CT molecular complexity index is 1160. The number of ether oxygens (including phenoxy) is 1. The van der Waals surface area contributed by atoms with Crippen molar-refractivity contribution in [1.29, 1.82) is 0 Å². The van der Waals surface area contributed by atoms with Crippen molar-refractivity contribution in [1.82, 2.24) is 15.7 Å². The van der Waals surface area contributed by atoms with Crippen molar-refractivity contribution in [2.75, 3.05) is 51.7 Å². The second-order valence-electron chi connectivity index (χ2n) is 7.63. The van der Waals surface area contributed by atoms with E-state index in [0.29, 0.717) is 22.3 Å². The predicted octanol–water partition coefficient (Wildman–Crippen LogP) is 2.24. The molecule has 0 radical (unpaired) electrons. The zero-order chi connectivity index (χ0) is 25.3. The molecule has 34 heavy (non-hydrogen) atoms. The summed E-state index contributed by atoms with van der Waals surface area (Å²) < 4.78 is 33.6. The van der Waals surface area contributed by atoms with Crippen molar-refractivity contribution < 1.29 is 23.2 Å². The maximum absolute atomic E-state index is 13.2. The van der Waals surface area contributed by atoms with Gasteiger partial charge in [0.25, 0.3) is 15.9 Å². The van der Waals surface area contributed by atoms with Crippen molar-refractivity contribution in [2.45, 2.75) is 11.8 Å². The number of carbonyl (C=O) groups is 1. The van der Waals surface area contributed by atoms with Crippen LogP contribution in [0.15, 0.2) is 45.8 Å². The van der Waals surface area contributed by atoms with Gasteiger partial charge in [-0.05, 0) is 63.0 Å². The van der Waals surface area contributed by atoms with Crippen LogP contribution < -0.4 is 19.8 Å². The van der Waals surface area contributed by atoms with Gasteiger partial charge in [0, 0.05) is 24.6 Å². The number of benzene rings is 2. The van der Waals surface area contributed by atoms with Gasteiger partial charge in [0.15, 0.2) is 0 Å². The first-order valence-electron chi connectivity index (χ1n) is 10.4. The van der Waals surface area contributed by atoms with Crippen LogP contribution in [-0.4, -0.2) is 71.8 Å². The molecule has 0 bridgehead atoms. The molecule has 2 aromatic carbocycles. The summed E-state index contributed by atoms with van der Waals surface area (Å²) in [6.07, 6.45) is 0. The second-order valence-corrected chi connectivity index (χ2v) is 10.5. The Morgan fingerprint density at radius 2 is 1.82 bits per heavy atom. The molecule has 0 unspecified atom stereocenters. The van der Waals surface area contributed by atoms with Gasteiger partial charge in [0.05, 0.1) is 22.7 Å². The van der Waals surface area contributed by atoms with Gasteiger partial charge in [-0.1, -0.05) is 27.8 Å². The molecule has 0 aromatic heterocycles. The van der Waals surface area contributed by atoms with Gasteiger partial charge < -0.3 is 15.0 Å². The first kappa shape index (κ1) is 27.6. The minimum atomic E-state index is -3.99. The van der Waals surface area contributed by atoms with E-state index < -0.39 is 15.9 Å². The number of hydrogen-bond donors (Lipinski definition) is 3. The third-order valence-electron chi connectivity index (χ3n) is 4.79. The van der Waals surface area contributed by atoms with E-state index in [4.69, 9.17) is 9.94 Å². The number of hydroxylamine groups is 1. The molecule has 9 nitrogen and oxygen atoms in total. The number of likely N-dealkylation sites (N-methyl/N-ethyl adjacent to an activating group) is 1. The zero-order valence-electron chi connectivity index (χ0n) is 19.6. The van der Waals surface area contributed by atoms with Crippen LogP contribution in [-0.2, 0) is 10.0 Å². The molecule has 2 aromatic rings. The highest BCUT2D eigenvalue weighted by Crippen LogP contribution is 2.32. The Morgan fingerprint density at radius 3 is 2.44 bits per heavy atom. The number of carbonyl (C=O) groups excluding carboxylic acids is 1. The van der Waals surface area contributed by atoms with Gasteiger partial charge in [-0.3, -0.25) is 14.3 Å². The third kappa shape index (κ3) is 7.44. The molecule has 0 saturated heterocycles. The van der Waals surface area contributed by atoms with E-state index in [-0.39, 0.29) is 22.8 Å². The number of rotatable bonds is 10. The summed E-state index contributed by atoms with van der Waals surface area (Å²) in [7, 11) is 1.37. The summed E-state index contributed by atoms with van der Waals surface area (Å²) in [4.78, 5) is 14.2. The quantitative estimate of drug-likeness (QED) is 0.179. The van der Waals surface area contributed by atoms with Gasteiger partial charge >= 0.3 is 0 Å². The molecule has 11 heteroatoms. The number of nitrogens with zero attached hydrogens (tertiary/aromatic N) is 2. The minimum absolute atomic E-state index is 0.00943. The Balaban J connectivity index is 2.09. The first-order chi connectivity index (χ1) is 16.1. The van der Waals surface area contributed by atoms with Gasteiger partial charge in [0.1, 0.15) is 12.4 Å². The maximum Gasteiger partial charge on any atom is 0.276 e. The van der Waals surface area contributed by atoms with E-state index in [1.54, 1.807) is 30.6 Å². The van der Waals surface area contributed by atoms with Crippen molar-refractivity contribution in [3.8, 4) is 17.6 Å². The smallest absolute Gasteiger partial charge is 0.276 e. The molecular weight excluding hydrogens is 524 g/mol. The number of hydrogen-bond acceptors (Lipinski definition) is 7. The summed E-state index contributed by atoms with van der Waals surface area (Å²) in [5.41, 5.74) is 2.26. The lowest BCUT2D eigenvalue weighted by molar-refractivity contribution is 0.0707. The van der Waals surface area contributed by atoms with Crippen LogP contribution in [0.25, 0.3) is 0 Å². The minimum Gasteiger partial charge on any atom is -0.481 e. The summed E-state index contributed by atoms with van der Waals surface area (Å²) in [6.45, 7) is 4.19. The van der Waals surface area contributed by atoms with E-state index in [1.807, 2.05) is 14.1 Å². The predicted molar refractivity (Wildman–Crippen MR) is 135 cm³/mol. The van der Waals surface area contributed by atoms with E-state index in [1.165, 1.54) is 25.2 Å². The molecule has 184 valence electrons. The van der Waals surface area contributed by atoms with Crippen LogP contribution >= 0.6 is 15.9 Å². The van der Waals surface area contributed by atoms with Crippen molar-refractivity contribution in [3.63, 3.8) is 0 Å². The standard InChI is InChI=1S/C23H29BrN4O5S/c1-17-15-18(24)16-21(23(29)26-30)22(17)28(4)34(31,32)20-9-7-19(8-10-20)33-14-6-5-11-25-12-13-27(2)3/h7-10,15-16,25,30H,11-14H2,1-4H3,(H,26,29). The number of aryl methyl sites for hydroxylation is 1. The van der Waals surface area contributed by atoms with Crippen molar-refractivity contribution >= 4 is 37.5 Å². The highest BCUT2D eigenvalue weighted by molar-refractivity contribution is 9.10. The first-order valence-corrected chi connectivity index (χ1v) is 12.6. The molecule has 2 rings (SSSR count). The number of amides is 1. The molecule has 0 aliphatic rings. The van der Waals surface area contributed by atoms with Crippen LogP contribution in [0.3, 0.4) is 0 Å². The zero-order valence-corrected chi connectivity index (χ0v) is 22.0. The molecule has 0 spiro atoms. The molecular formula is C23H29BrN4O5S. The van der Waals surface area contributed by atoms with Crippen LogP contribution in [0.5, 0.6) is 5.75 Å². The fourth-order valence-corrected chi connectivity index (χ4v) is 4.91. The lowest BCUT2D eigenvalue weighted by Crippen LogP contribution is -2.30. The van der Waals surface area contributed by atoms with Gasteiger partial charge in [-0.25, -0.2) is 13.9 Å². The van der Waals surface area contributed by atoms with Crippen LogP contribution in [0.1, 0.15) is 15.9 Å². The molecule has 0 heterocycles. The topological polar surface area (TPSA) is 111 Å². The summed E-state index contributed by atoms with van der Waals surface area (Å²) >= 11 is 3.29. The second kappa shape index (κ2) is 12.7. The molecule has 1 amide bonds. The molecule has 0 aliphatic heterocycles. The van der Waals surface area contributed by atoms with Gasteiger partial charge in [0.2, 0.25) is 0 Å². The van der Waals surface area contributed by atoms with Crippen LogP contribution in [0.2, 0.25) is 0 Å². The van der Waals surface area contributed by atoms with Crippen molar-refractivity contribution in [3.05, 3.63) is 52.0 Å².